The van der Waals surface area contributed by atoms with Crippen molar-refractivity contribution in [3.8, 4) is 5.75 Å². The molecule has 0 saturated carbocycles. The van der Waals surface area contributed by atoms with Crippen LogP contribution in [-0.2, 0) is 14.8 Å². The number of benzene rings is 2. The zero-order valence-corrected chi connectivity index (χ0v) is 16.0. The second-order valence-corrected chi connectivity index (χ2v) is 7.69. The van der Waals surface area contributed by atoms with Gasteiger partial charge in [-0.05, 0) is 36.8 Å². The minimum atomic E-state index is -3.82. The fourth-order valence-electron chi connectivity index (χ4n) is 2.50. The second-order valence-electron chi connectivity index (χ2n) is 6.01. The molecule has 0 bridgehead atoms. The van der Waals surface area contributed by atoms with E-state index in [-0.39, 0.29) is 16.7 Å². The average molecular weight is 376 g/mol. The van der Waals surface area contributed by atoms with Gasteiger partial charge in [0.1, 0.15) is 5.75 Å². The number of methoxy groups -OCH3 is 1. The molecule has 0 fully saturated rings. The van der Waals surface area contributed by atoms with Gasteiger partial charge in [-0.2, -0.15) is 0 Å². The topological polar surface area (TPSA) is 84.5 Å². The van der Waals surface area contributed by atoms with Gasteiger partial charge in [0.25, 0.3) is 10.0 Å². The van der Waals surface area contributed by atoms with Crippen LogP contribution in [0.3, 0.4) is 0 Å². The molecule has 0 aliphatic heterocycles. The summed E-state index contributed by atoms with van der Waals surface area (Å²) in [7, 11) is -2.34. The maximum atomic E-state index is 12.7. The summed E-state index contributed by atoms with van der Waals surface area (Å²) in [6, 6.07) is 12.9. The standard InChI is InChI=1S/C19H24N2O4S/c1-4-8-14(2)19(22)20-15-9-7-10-16(13-15)26(23,24)21-17-11-5-6-12-18(17)25-3/h5-7,9-14,21H,4,8H2,1-3H3,(H,20,22). The van der Waals surface area contributed by atoms with Crippen molar-refractivity contribution in [2.24, 2.45) is 5.92 Å². The lowest BCUT2D eigenvalue weighted by Crippen LogP contribution is -2.20. The molecule has 0 saturated heterocycles. The zero-order valence-electron chi connectivity index (χ0n) is 15.2. The smallest absolute Gasteiger partial charge is 0.262 e. The van der Waals surface area contributed by atoms with Crippen LogP contribution in [0, 0.1) is 5.92 Å². The van der Waals surface area contributed by atoms with Crippen molar-refractivity contribution in [3.63, 3.8) is 0 Å². The van der Waals surface area contributed by atoms with Crippen LogP contribution in [0.2, 0.25) is 0 Å². The Balaban J connectivity index is 2.21. The van der Waals surface area contributed by atoms with E-state index in [1.54, 1.807) is 36.4 Å². The molecular formula is C19H24N2O4S. The number of nitrogens with one attached hydrogen (secondary N) is 2. The molecule has 0 aliphatic carbocycles. The number of hydrogen-bond donors (Lipinski definition) is 2. The third-order valence-electron chi connectivity index (χ3n) is 3.93. The monoisotopic (exact) mass is 376 g/mol. The zero-order chi connectivity index (χ0) is 19.2. The number of para-hydroxylation sites is 2. The number of rotatable bonds is 8. The Bertz CT molecular complexity index is 865. The van der Waals surface area contributed by atoms with E-state index in [1.165, 1.54) is 19.2 Å². The molecule has 6 nitrogen and oxygen atoms in total. The summed E-state index contributed by atoms with van der Waals surface area (Å²) >= 11 is 0. The summed E-state index contributed by atoms with van der Waals surface area (Å²) < 4.78 is 33.0. The molecule has 7 heteroatoms. The Morgan fingerprint density at radius 3 is 2.58 bits per heavy atom. The van der Waals surface area contributed by atoms with Gasteiger partial charge in [-0.3, -0.25) is 9.52 Å². The van der Waals surface area contributed by atoms with Gasteiger partial charge in [-0.15, -0.1) is 0 Å². The maximum absolute atomic E-state index is 12.7. The SMILES string of the molecule is CCCC(C)C(=O)Nc1cccc(S(=O)(=O)Nc2ccccc2OC)c1. The molecule has 26 heavy (non-hydrogen) atoms. The van der Waals surface area contributed by atoms with Gasteiger partial charge in [0.15, 0.2) is 0 Å². The van der Waals surface area contributed by atoms with Crippen molar-refractivity contribution in [2.75, 3.05) is 17.1 Å². The van der Waals surface area contributed by atoms with Gasteiger partial charge in [0.05, 0.1) is 17.7 Å². The van der Waals surface area contributed by atoms with Crippen LogP contribution in [0.1, 0.15) is 26.7 Å². The van der Waals surface area contributed by atoms with Crippen LogP contribution in [0.25, 0.3) is 0 Å². The summed E-state index contributed by atoms with van der Waals surface area (Å²) in [6.45, 7) is 3.86. The Labute approximate surface area is 154 Å². The maximum Gasteiger partial charge on any atom is 0.262 e. The number of amides is 1. The van der Waals surface area contributed by atoms with Crippen molar-refractivity contribution in [2.45, 2.75) is 31.6 Å². The number of sulfonamides is 1. The van der Waals surface area contributed by atoms with Gasteiger partial charge in [0, 0.05) is 11.6 Å². The lowest BCUT2D eigenvalue weighted by atomic mass is 10.1. The fraction of sp³-hybridized carbons (Fsp3) is 0.316. The van der Waals surface area contributed by atoms with Gasteiger partial charge in [-0.25, -0.2) is 8.42 Å². The molecule has 1 atom stereocenters. The van der Waals surface area contributed by atoms with Crippen LogP contribution in [0.15, 0.2) is 53.4 Å². The van der Waals surface area contributed by atoms with Gasteiger partial charge in [0.2, 0.25) is 5.91 Å². The molecule has 2 rings (SSSR count). The number of carbonyl (C=O) groups excluding carboxylic acids is 1. The third-order valence-corrected chi connectivity index (χ3v) is 5.30. The Morgan fingerprint density at radius 2 is 1.88 bits per heavy atom. The van der Waals surface area contributed by atoms with E-state index in [2.05, 4.69) is 10.0 Å². The predicted molar refractivity (Wildman–Crippen MR) is 103 cm³/mol. The summed E-state index contributed by atoms with van der Waals surface area (Å²) in [5.74, 6) is 0.167. The van der Waals surface area contributed by atoms with Crippen LogP contribution in [0.4, 0.5) is 11.4 Å². The quantitative estimate of drug-likeness (QED) is 0.732. The molecule has 0 aromatic heterocycles. The number of ether oxygens (including phenoxy) is 1. The summed E-state index contributed by atoms with van der Waals surface area (Å²) in [5, 5.41) is 2.77. The molecule has 2 aromatic carbocycles. The first kappa shape index (κ1) is 19.8. The molecule has 0 spiro atoms. The van der Waals surface area contributed by atoms with Crippen molar-refractivity contribution in [3.05, 3.63) is 48.5 Å². The minimum Gasteiger partial charge on any atom is -0.495 e. The third kappa shape index (κ3) is 4.98. The number of carbonyl (C=O) groups is 1. The van der Waals surface area contributed by atoms with E-state index in [4.69, 9.17) is 4.74 Å². The Hall–Kier alpha value is -2.54. The highest BCUT2D eigenvalue weighted by Crippen LogP contribution is 2.27. The van der Waals surface area contributed by atoms with E-state index in [0.717, 1.165) is 12.8 Å². The molecule has 1 unspecified atom stereocenters. The van der Waals surface area contributed by atoms with E-state index in [1.807, 2.05) is 13.8 Å². The predicted octanol–water partition coefficient (Wildman–Crippen LogP) is 3.87. The summed E-state index contributed by atoms with van der Waals surface area (Å²) in [4.78, 5) is 12.2. The highest BCUT2D eigenvalue weighted by atomic mass is 32.2. The lowest BCUT2D eigenvalue weighted by molar-refractivity contribution is -0.119. The van der Waals surface area contributed by atoms with Crippen LogP contribution < -0.4 is 14.8 Å². The van der Waals surface area contributed by atoms with E-state index >= 15 is 0 Å². The van der Waals surface area contributed by atoms with Crippen molar-refractivity contribution in [1.82, 2.24) is 0 Å². The first-order chi connectivity index (χ1) is 12.4. The first-order valence-corrected chi connectivity index (χ1v) is 9.92. The summed E-state index contributed by atoms with van der Waals surface area (Å²) in [5.41, 5.74) is 0.793. The Kier molecular flexibility index (Phi) is 6.63. The Morgan fingerprint density at radius 1 is 1.15 bits per heavy atom. The van der Waals surface area contributed by atoms with Gasteiger partial charge >= 0.3 is 0 Å². The minimum absolute atomic E-state index is 0.0596. The normalized spacial score (nSPS) is 12.3. The van der Waals surface area contributed by atoms with E-state index in [9.17, 15) is 13.2 Å². The van der Waals surface area contributed by atoms with Crippen LogP contribution >= 0.6 is 0 Å². The molecule has 0 radical (unpaired) electrons. The van der Waals surface area contributed by atoms with Gasteiger partial charge < -0.3 is 10.1 Å². The number of hydrogen-bond acceptors (Lipinski definition) is 4. The molecule has 1 amide bonds. The molecule has 2 aromatic rings. The molecule has 2 N–H and O–H groups in total. The van der Waals surface area contributed by atoms with Crippen LogP contribution in [0.5, 0.6) is 5.75 Å². The summed E-state index contributed by atoms with van der Waals surface area (Å²) in [6.07, 6.45) is 1.69. The molecule has 140 valence electrons. The highest BCUT2D eigenvalue weighted by molar-refractivity contribution is 7.92. The van der Waals surface area contributed by atoms with E-state index < -0.39 is 10.0 Å². The molecule has 0 aliphatic rings. The highest BCUT2D eigenvalue weighted by Gasteiger charge is 2.18. The first-order valence-electron chi connectivity index (χ1n) is 8.44. The van der Waals surface area contributed by atoms with Crippen molar-refractivity contribution < 1.29 is 17.9 Å². The molecular weight excluding hydrogens is 352 g/mol. The molecule has 0 heterocycles. The van der Waals surface area contributed by atoms with E-state index in [0.29, 0.717) is 17.1 Å². The largest absolute Gasteiger partial charge is 0.495 e. The van der Waals surface area contributed by atoms with Crippen molar-refractivity contribution in [1.29, 1.82) is 0 Å². The second kappa shape index (κ2) is 8.71. The fourth-order valence-corrected chi connectivity index (χ4v) is 3.62. The lowest BCUT2D eigenvalue weighted by Gasteiger charge is -2.14. The number of anilines is 2. The van der Waals surface area contributed by atoms with Crippen molar-refractivity contribution >= 4 is 27.3 Å². The van der Waals surface area contributed by atoms with Gasteiger partial charge in [-0.1, -0.05) is 38.5 Å². The van der Waals surface area contributed by atoms with Crippen LogP contribution in [-0.4, -0.2) is 21.4 Å². The average Bonchev–Trinajstić information content (AvgIpc) is 2.62.